The highest BCUT2D eigenvalue weighted by Gasteiger charge is 2.11. The first-order valence-electron chi connectivity index (χ1n) is 8.78. The van der Waals surface area contributed by atoms with E-state index in [9.17, 15) is 0 Å². The van der Waals surface area contributed by atoms with E-state index in [1.54, 1.807) is 0 Å². The topological polar surface area (TPSA) is 0 Å². The molecule has 0 saturated heterocycles. The van der Waals surface area contributed by atoms with Gasteiger partial charge in [0.15, 0.2) is 0 Å². The van der Waals surface area contributed by atoms with Crippen molar-refractivity contribution in [2.75, 3.05) is 0 Å². The quantitative estimate of drug-likeness (QED) is 0.283. The Morgan fingerprint density at radius 2 is 0.593 bits per heavy atom. The van der Waals surface area contributed by atoms with Gasteiger partial charge in [0.1, 0.15) is 0 Å². The number of hydrogen-bond acceptors (Lipinski definition) is 3. The average Bonchev–Trinajstić information content (AvgIpc) is 3.49. The minimum atomic E-state index is 1.29. The van der Waals surface area contributed by atoms with Crippen LogP contribution in [0.2, 0.25) is 0 Å². The molecular formula is C24H16S3. The molecule has 0 unspecified atom stereocenters. The molecule has 0 saturated carbocycles. The molecule has 0 nitrogen and oxygen atoms in total. The lowest BCUT2D eigenvalue weighted by atomic mass is 10.2. The Morgan fingerprint density at radius 1 is 0.296 bits per heavy atom. The van der Waals surface area contributed by atoms with Gasteiger partial charge in [-0.25, -0.2) is 0 Å². The molecular weight excluding hydrogens is 384 g/mol. The minimum Gasteiger partial charge on any atom is -0.134 e. The van der Waals surface area contributed by atoms with E-state index in [0.717, 1.165) is 0 Å². The monoisotopic (exact) mass is 400 g/mol. The van der Waals surface area contributed by atoms with Crippen molar-refractivity contribution in [3.05, 3.63) is 97.1 Å². The summed E-state index contributed by atoms with van der Waals surface area (Å²) in [4.78, 5) is 8.00. The summed E-state index contributed by atoms with van der Waals surface area (Å²) in [6.45, 7) is 0. The third-order valence-corrected chi connectivity index (χ3v) is 8.17. The highest BCUT2D eigenvalue weighted by molar-refractivity contribution is 7.27. The first kappa shape index (κ1) is 16.7. The fourth-order valence-corrected chi connectivity index (χ4v) is 6.27. The zero-order valence-corrected chi connectivity index (χ0v) is 16.9. The van der Waals surface area contributed by atoms with Crippen molar-refractivity contribution in [2.45, 2.75) is 0 Å². The summed E-state index contributed by atoms with van der Waals surface area (Å²) < 4.78 is 0. The van der Waals surface area contributed by atoms with Gasteiger partial charge in [-0.15, -0.1) is 34.0 Å². The first-order chi connectivity index (χ1) is 13.4. The van der Waals surface area contributed by atoms with E-state index in [-0.39, 0.29) is 0 Å². The largest absolute Gasteiger partial charge is 0.134 e. The molecule has 0 spiro atoms. The van der Waals surface area contributed by atoms with Gasteiger partial charge in [-0.2, -0.15) is 0 Å². The number of benzene rings is 2. The summed E-state index contributed by atoms with van der Waals surface area (Å²) in [5, 5.41) is 0. The van der Waals surface area contributed by atoms with Crippen molar-refractivity contribution in [3.63, 3.8) is 0 Å². The van der Waals surface area contributed by atoms with E-state index in [0.29, 0.717) is 0 Å². The smallest absolute Gasteiger partial charge is 0.0449 e. The molecule has 0 bridgehead atoms. The van der Waals surface area contributed by atoms with Crippen LogP contribution in [-0.2, 0) is 0 Å². The Morgan fingerprint density at radius 3 is 0.963 bits per heavy atom. The van der Waals surface area contributed by atoms with E-state index in [4.69, 9.17) is 0 Å². The van der Waals surface area contributed by atoms with Crippen LogP contribution in [0.5, 0.6) is 0 Å². The third-order valence-electron chi connectivity index (χ3n) is 4.42. The maximum absolute atomic E-state index is 2.25. The van der Waals surface area contributed by atoms with Gasteiger partial charge in [-0.05, 0) is 47.5 Å². The van der Waals surface area contributed by atoms with Crippen molar-refractivity contribution in [2.24, 2.45) is 0 Å². The molecule has 0 aliphatic rings. The Hall–Kier alpha value is -2.46. The zero-order valence-electron chi connectivity index (χ0n) is 14.5. The SMILES string of the molecule is c1ccc(-c2ccc(-c3ccc(-c4ccc(-c5ccccc5)s4)s3)s2)cc1. The predicted octanol–water partition coefficient (Wildman–Crippen LogP) is 8.54. The van der Waals surface area contributed by atoms with Gasteiger partial charge in [-0.3, -0.25) is 0 Å². The summed E-state index contributed by atoms with van der Waals surface area (Å²) in [5.41, 5.74) is 2.58. The molecule has 3 aromatic heterocycles. The predicted molar refractivity (Wildman–Crippen MR) is 122 cm³/mol. The molecule has 3 heteroatoms. The van der Waals surface area contributed by atoms with Crippen molar-refractivity contribution in [1.29, 1.82) is 0 Å². The van der Waals surface area contributed by atoms with Gasteiger partial charge >= 0.3 is 0 Å². The average molecular weight is 401 g/mol. The molecule has 0 fully saturated rings. The van der Waals surface area contributed by atoms with Gasteiger partial charge in [0.2, 0.25) is 0 Å². The molecule has 0 N–H and O–H groups in total. The van der Waals surface area contributed by atoms with Crippen LogP contribution in [-0.4, -0.2) is 0 Å². The second-order valence-corrected chi connectivity index (χ2v) is 9.48. The van der Waals surface area contributed by atoms with Crippen LogP contribution >= 0.6 is 34.0 Å². The van der Waals surface area contributed by atoms with Crippen LogP contribution in [0.3, 0.4) is 0 Å². The molecule has 2 aromatic carbocycles. The summed E-state index contributed by atoms with van der Waals surface area (Å²) in [6.07, 6.45) is 0. The van der Waals surface area contributed by atoms with Crippen LogP contribution in [0.15, 0.2) is 97.1 Å². The summed E-state index contributed by atoms with van der Waals surface area (Å²) in [7, 11) is 0. The minimum absolute atomic E-state index is 1.29. The Balaban J connectivity index is 1.42. The van der Waals surface area contributed by atoms with E-state index in [1.165, 1.54) is 40.4 Å². The second kappa shape index (κ2) is 7.28. The molecule has 0 amide bonds. The molecule has 0 atom stereocenters. The lowest BCUT2D eigenvalue weighted by molar-refractivity contribution is 1.70. The second-order valence-electron chi connectivity index (χ2n) is 6.22. The fraction of sp³-hybridized carbons (Fsp3) is 0. The standard InChI is InChI=1S/C24H16S3/c1-3-7-17(8-4-1)19-11-13-21(25-19)23-15-16-24(27-23)22-14-12-20(26-22)18-9-5-2-6-10-18/h1-16H. The van der Waals surface area contributed by atoms with Crippen LogP contribution in [0.25, 0.3) is 40.4 Å². The summed E-state index contributed by atoms with van der Waals surface area (Å²) >= 11 is 5.60. The molecule has 0 radical (unpaired) electrons. The number of thiophene rings is 3. The summed E-state index contributed by atoms with van der Waals surface area (Å²) in [5.74, 6) is 0. The molecule has 130 valence electrons. The maximum Gasteiger partial charge on any atom is 0.0449 e. The molecule has 27 heavy (non-hydrogen) atoms. The Kier molecular flexibility index (Phi) is 4.50. The zero-order chi connectivity index (χ0) is 18.1. The molecule has 0 aliphatic carbocycles. The van der Waals surface area contributed by atoms with Crippen LogP contribution in [0.1, 0.15) is 0 Å². The number of rotatable bonds is 4. The van der Waals surface area contributed by atoms with Gasteiger partial charge in [0.05, 0.1) is 0 Å². The lowest BCUT2D eigenvalue weighted by Crippen LogP contribution is -1.67. The van der Waals surface area contributed by atoms with E-state index >= 15 is 0 Å². The van der Waals surface area contributed by atoms with Crippen LogP contribution < -0.4 is 0 Å². The molecule has 5 aromatic rings. The fourth-order valence-electron chi connectivity index (χ4n) is 3.06. The van der Waals surface area contributed by atoms with Gasteiger partial charge in [-0.1, -0.05) is 60.7 Å². The van der Waals surface area contributed by atoms with Crippen LogP contribution in [0, 0.1) is 0 Å². The highest BCUT2D eigenvalue weighted by atomic mass is 32.1. The van der Waals surface area contributed by atoms with E-state index in [1.807, 2.05) is 34.0 Å². The molecule has 5 rings (SSSR count). The maximum atomic E-state index is 2.25. The summed E-state index contributed by atoms with van der Waals surface area (Å²) in [6, 6.07) is 34.7. The van der Waals surface area contributed by atoms with Gasteiger partial charge in [0, 0.05) is 29.3 Å². The van der Waals surface area contributed by atoms with E-state index in [2.05, 4.69) is 97.1 Å². The van der Waals surface area contributed by atoms with Crippen molar-refractivity contribution in [3.8, 4) is 40.4 Å². The van der Waals surface area contributed by atoms with Gasteiger partial charge in [0.25, 0.3) is 0 Å². The van der Waals surface area contributed by atoms with Crippen molar-refractivity contribution in [1.82, 2.24) is 0 Å². The Labute approximate surface area is 171 Å². The lowest BCUT2D eigenvalue weighted by Gasteiger charge is -1.95. The van der Waals surface area contributed by atoms with Crippen molar-refractivity contribution >= 4 is 34.0 Å². The van der Waals surface area contributed by atoms with Crippen LogP contribution in [0.4, 0.5) is 0 Å². The van der Waals surface area contributed by atoms with Crippen molar-refractivity contribution < 1.29 is 0 Å². The number of hydrogen-bond donors (Lipinski definition) is 0. The van der Waals surface area contributed by atoms with E-state index < -0.39 is 0 Å². The Bertz CT molecular complexity index is 1070. The highest BCUT2D eigenvalue weighted by Crippen LogP contribution is 2.42. The normalized spacial score (nSPS) is 11.0. The first-order valence-corrected chi connectivity index (χ1v) is 11.2. The third kappa shape index (κ3) is 3.42. The molecule has 3 heterocycles. The van der Waals surface area contributed by atoms with Gasteiger partial charge < -0.3 is 0 Å². The molecule has 0 aliphatic heterocycles.